The number of nitrogens with zero attached hydrogens (tertiary/aromatic N) is 2. The summed E-state index contributed by atoms with van der Waals surface area (Å²) in [6.07, 6.45) is 2.42. The van der Waals surface area contributed by atoms with E-state index in [0.717, 1.165) is 6.26 Å². The van der Waals surface area contributed by atoms with Crippen LogP contribution in [0, 0.1) is 13.8 Å². The van der Waals surface area contributed by atoms with E-state index >= 15 is 0 Å². The Morgan fingerprint density at radius 2 is 1.81 bits per heavy atom. The van der Waals surface area contributed by atoms with E-state index in [2.05, 4.69) is 5.10 Å². The third-order valence-electron chi connectivity index (χ3n) is 3.53. The highest BCUT2D eigenvalue weighted by Crippen LogP contribution is 2.26. The van der Waals surface area contributed by atoms with Crippen LogP contribution in [0.15, 0.2) is 23.2 Å². The van der Waals surface area contributed by atoms with Crippen molar-refractivity contribution in [1.82, 2.24) is 9.78 Å². The summed E-state index contributed by atoms with van der Waals surface area (Å²) in [5.74, 6) is -0.606. The first kappa shape index (κ1) is 15.2. The van der Waals surface area contributed by atoms with Crippen molar-refractivity contribution in [3.63, 3.8) is 0 Å². The molecule has 0 fully saturated rings. The standard InChI is InChI=1S/C14H16N2O4S/c1-8-9(2)12(21(4,19)20)6-5-10(8)13(17)11-7-15-16(3)14(11)18/h5-7,18H,1-4H3. The van der Waals surface area contributed by atoms with Gasteiger partial charge in [0.2, 0.25) is 5.88 Å². The average molecular weight is 308 g/mol. The molecule has 0 bridgehead atoms. The van der Waals surface area contributed by atoms with Gasteiger partial charge in [0.25, 0.3) is 0 Å². The van der Waals surface area contributed by atoms with E-state index in [-0.39, 0.29) is 22.1 Å². The fourth-order valence-corrected chi connectivity index (χ4v) is 3.20. The van der Waals surface area contributed by atoms with Crippen LogP contribution < -0.4 is 0 Å². The van der Waals surface area contributed by atoms with Crippen LogP contribution >= 0.6 is 0 Å². The summed E-state index contributed by atoms with van der Waals surface area (Å²) in [6, 6.07) is 2.88. The number of carbonyl (C=O) groups excluding carboxylic acids is 1. The number of hydrogen-bond acceptors (Lipinski definition) is 5. The molecule has 0 unspecified atom stereocenters. The Morgan fingerprint density at radius 1 is 1.19 bits per heavy atom. The van der Waals surface area contributed by atoms with Crippen LogP contribution in [0.3, 0.4) is 0 Å². The fourth-order valence-electron chi connectivity index (χ4n) is 2.18. The van der Waals surface area contributed by atoms with Crippen molar-refractivity contribution >= 4 is 15.6 Å². The summed E-state index contributed by atoms with van der Waals surface area (Å²) in [6.45, 7) is 3.34. The summed E-state index contributed by atoms with van der Waals surface area (Å²) < 4.78 is 24.5. The van der Waals surface area contributed by atoms with Crippen molar-refractivity contribution in [2.45, 2.75) is 18.7 Å². The highest BCUT2D eigenvalue weighted by atomic mass is 32.2. The molecule has 21 heavy (non-hydrogen) atoms. The molecule has 0 atom stereocenters. The lowest BCUT2D eigenvalue weighted by atomic mass is 9.97. The van der Waals surface area contributed by atoms with Crippen molar-refractivity contribution in [2.75, 3.05) is 6.26 Å². The van der Waals surface area contributed by atoms with Crippen molar-refractivity contribution in [2.24, 2.45) is 7.05 Å². The Morgan fingerprint density at radius 3 is 2.29 bits per heavy atom. The molecule has 7 heteroatoms. The molecule has 0 aliphatic heterocycles. The van der Waals surface area contributed by atoms with Gasteiger partial charge in [-0.25, -0.2) is 13.1 Å². The second kappa shape index (κ2) is 5.00. The molecule has 2 aromatic rings. The van der Waals surface area contributed by atoms with Gasteiger partial charge in [-0.05, 0) is 37.1 Å². The second-order valence-electron chi connectivity index (χ2n) is 4.97. The maximum absolute atomic E-state index is 12.5. The molecule has 1 aromatic heterocycles. The number of ketones is 1. The Hall–Kier alpha value is -2.15. The molecular formula is C14H16N2O4S. The molecule has 1 heterocycles. The van der Waals surface area contributed by atoms with Crippen molar-refractivity contribution in [1.29, 1.82) is 0 Å². The summed E-state index contributed by atoms with van der Waals surface area (Å²) in [4.78, 5) is 12.7. The zero-order valence-corrected chi connectivity index (χ0v) is 13.0. The monoisotopic (exact) mass is 308 g/mol. The lowest BCUT2D eigenvalue weighted by Gasteiger charge is -2.11. The molecular weight excluding hydrogens is 292 g/mol. The maximum atomic E-state index is 12.5. The molecule has 6 nitrogen and oxygen atoms in total. The number of benzene rings is 1. The molecule has 0 aliphatic rings. The van der Waals surface area contributed by atoms with Crippen LogP contribution in [0.4, 0.5) is 0 Å². The molecule has 112 valence electrons. The minimum atomic E-state index is -3.34. The van der Waals surface area contributed by atoms with Gasteiger partial charge < -0.3 is 5.11 Å². The third-order valence-corrected chi connectivity index (χ3v) is 4.77. The number of aryl methyl sites for hydroxylation is 1. The van der Waals surface area contributed by atoms with Gasteiger partial charge in [-0.1, -0.05) is 0 Å². The topological polar surface area (TPSA) is 89.3 Å². The van der Waals surface area contributed by atoms with Crippen LogP contribution in [0.2, 0.25) is 0 Å². The smallest absolute Gasteiger partial charge is 0.220 e. The highest BCUT2D eigenvalue weighted by molar-refractivity contribution is 7.90. The van der Waals surface area contributed by atoms with Crippen LogP contribution in [0.5, 0.6) is 5.88 Å². The lowest BCUT2D eigenvalue weighted by molar-refractivity contribution is 0.103. The molecule has 0 spiro atoms. The minimum absolute atomic E-state index is 0.0899. The summed E-state index contributed by atoms with van der Waals surface area (Å²) in [7, 11) is -1.82. The first-order valence-electron chi connectivity index (χ1n) is 6.20. The van der Waals surface area contributed by atoms with Gasteiger partial charge in [0, 0.05) is 18.9 Å². The number of aromatic nitrogens is 2. The van der Waals surface area contributed by atoms with Gasteiger partial charge in [0.1, 0.15) is 5.56 Å². The Labute approximate surface area is 123 Å². The zero-order chi connectivity index (χ0) is 15.9. The predicted octanol–water partition coefficient (Wildman–Crippen LogP) is 1.38. The highest BCUT2D eigenvalue weighted by Gasteiger charge is 2.22. The van der Waals surface area contributed by atoms with E-state index in [1.165, 1.54) is 30.1 Å². The number of hydrogen-bond donors (Lipinski definition) is 1. The van der Waals surface area contributed by atoms with Crippen molar-refractivity contribution in [3.05, 3.63) is 40.6 Å². The normalized spacial score (nSPS) is 11.6. The predicted molar refractivity (Wildman–Crippen MR) is 77.3 cm³/mol. The lowest BCUT2D eigenvalue weighted by Crippen LogP contribution is -2.08. The molecule has 0 radical (unpaired) electrons. The molecule has 0 saturated carbocycles. The number of carbonyl (C=O) groups is 1. The van der Waals surface area contributed by atoms with Crippen molar-refractivity contribution < 1.29 is 18.3 Å². The quantitative estimate of drug-likeness (QED) is 0.865. The van der Waals surface area contributed by atoms with E-state index < -0.39 is 9.84 Å². The summed E-state index contributed by atoms with van der Waals surface area (Å²) >= 11 is 0. The van der Waals surface area contributed by atoms with E-state index in [4.69, 9.17) is 0 Å². The summed E-state index contributed by atoms with van der Waals surface area (Å²) in [5, 5.41) is 13.6. The molecule has 0 aliphatic carbocycles. The van der Waals surface area contributed by atoms with Crippen LogP contribution in [-0.4, -0.2) is 35.3 Å². The van der Waals surface area contributed by atoms with E-state index in [1.54, 1.807) is 13.8 Å². The number of rotatable bonds is 3. The van der Waals surface area contributed by atoms with E-state index in [9.17, 15) is 18.3 Å². The van der Waals surface area contributed by atoms with Crippen LogP contribution in [0.25, 0.3) is 0 Å². The SMILES string of the molecule is Cc1c(C(=O)c2cnn(C)c2O)ccc(S(C)(=O)=O)c1C. The van der Waals surface area contributed by atoms with E-state index in [0.29, 0.717) is 16.7 Å². The molecule has 1 aromatic carbocycles. The van der Waals surface area contributed by atoms with Gasteiger partial charge in [0.05, 0.1) is 11.1 Å². The largest absolute Gasteiger partial charge is 0.493 e. The van der Waals surface area contributed by atoms with Crippen LogP contribution in [-0.2, 0) is 16.9 Å². The van der Waals surface area contributed by atoms with Gasteiger partial charge in [-0.3, -0.25) is 4.79 Å². The Balaban J connectivity index is 2.59. The first-order chi connectivity index (χ1) is 9.64. The maximum Gasteiger partial charge on any atom is 0.220 e. The van der Waals surface area contributed by atoms with Gasteiger partial charge in [-0.15, -0.1) is 0 Å². The minimum Gasteiger partial charge on any atom is -0.493 e. The zero-order valence-electron chi connectivity index (χ0n) is 12.2. The van der Waals surface area contributed by atoms with Gasteiger partial charge in [-0.2, -0.15) is 5.10 Å². The van der Waals surface area contributed by atoms with Gasteiger partial charge in [0.15, 0.2) is 15.6 Å². The summed E-state index contributed by atoms with van der Waals surface area (Å²) in [5.41, 5.74) is 1.55. The number of aromatic hydroxyl groups is 1. The van der Waals surface area contributed by atoms with Crippen molar-refractivity contribution in [3.8, 4) is 5.88 Å². The molecule has 2 rings (SSSR count). The first-order valence-corrected chi connectivity index (χ1v) is 8.09. The molecule has 0 saturated heterocycles. The van der Waals surface area contributed by atoms with E-state index in [1.807, 2.05) is 0 Å². The van der Waals surface area contributed by atoms with Gasteiger partial charge >= 0.3 is 0 Å². The fraction of sp³-hybridized carbons (Fsp3) is 0.286. The average Bonchev–Trinajstić information content (AvgIpc) is 2.71. The third kappa shape index (κ3) is 2.56. The van der Waals surface area contributed by atoms with Crippen LogP contribution in [0.1, 0.15) is 27.0 Å². The second-order valence-corrected chi connectivity index (χ2v) is 6.95. The molecule has 0 amide bonds. The number of sulfone groups is 1. The Bertz CT molecular complexity index is 835. The molecule has 1 N–H and O–H groups in total. The Kier molecular flexibility index (Phi) is 3.63.